The Morgan fingerprint density at radius 1 is 1.15 bits per heavy atom. The van der Waals surface area contributed by atoms with Gasteiger partial charge in [-0.1, -0.05) is 37.6 Å². The molecule has 0 spiro atoms. The smallest absolute Gasteiger partial charge is 0.277 e. The van der Waals surface area contributed by atoms with E-state index >= 15 is 0 Å². The minimum absolute atomic E-state index is 0.0771. The van der Waals surface area contributed by atoms with Gasteiger partial charge in [0, 0.05) is 25.3 Å². The largest absolute Gasteiger partial charge is 0.340 e. The number of para-hydroxylation sites is 1. The maximum absolute atomic E-state index is 13.1. The summed E-state index contributed by atoms with van der Waals surface area (Å²) < 4.78 is 0. The second-order valence-corrected chi connectivity index (χ2v) is 6.85. The van der Waals surface area contributed by atoms with Crippen LogP contribution >= 0.6 is 0 Å². The fraction of sp³-hybridized carbons (Fsp3) is 0.381. The molecule has 0 aliphatic carbocycles. The lowest BCUT2D eigenvalue weighted by Gasteiger charge is -2.22. The number of carbonyl (C=O) groups is 2. The lowest BCUT2D eigenvalue weighted by Crippen LogP contribution is -2.36. The molecule has 3 rings (SSSR count). The number of pyridine rings is 1. The van der Waals surface area contributed by atoms with E-state index in [1.54, 1.807) is 35.0 Å². The van der Waals surface area contributed by atoms with Crippen LogP contribution in [0.1, 0.15) is 53.2 Å². The number of unbranched alkanes of at least 4 members (excludes halogenated alkanes) is 1. The summed E-state index contributed by atoms with van der Waals surface area (Å²) in [5.41, 5.74) is 2.72. The van der Waals surface area contributed by atoms with Crippen molar-refractivity contribution in [2.24, 2.45) is 0 Å². The molecule has 0 N–H and O–H groups in total. The lowest BCUT2D eigenvalue weighted by molar-refractivity contribution is 0.0787. The van der Waals surface area contributed by atoms with Crippen molar-refractivity contribution < 1.29 is 9.59 Å². The minimum atomic E-state index is -0.159. The van der Waals surface area contributed by atoms with Crippen molar-refractivity contribution in [2.45, 2.75) is 39.2 Å². The normalized spacial score (nSPS) is 15.7. The highest BCUT2D eigenvalue weighted by Gasteiger charge is 2.32. The first-order valence-corrected chi connectivity index (χ1v) is 9.17. The summed E-state index contributed by atoms with van der Waals surface area (Å²) >= 11 is 0. The highest BCUT2D eigenvalue weighted by Crippen LogP contribution is 2.32. The maximum atomic E-state index is 13.1. The van der Waals surface area contributed by atoms with Crippen LogP contribution in [0.3, 0.4) is 0 Å². The van der Waals surface area contributed by atoms with Crippen LogP contribution in [0.15, 0.2) is 42.5 Å². The van der Waals surface area contributed by atoms with E-state index in [2.05, 4.69) is 18.0 Å². The maximum Gasteiger partial charge on any atom is 0.277 e. The molecule has 0 bridgehead atoms. The first-order valence-electron chi connectivity index (χ1n) is 9.17. The van der Waals surface area contributed by atoms with Crippen LogP contribution in [-0.2, 0) is 6.42 Å². The molecular formula is C21H25N3O2. The van der Waals surface area contributed by atoms with E-state index < -0.39 is 0 Å². The Morgan fingerprint density at radius 2 is 1.88 bits per heavy atom. The summed E-state index contributed by atoms with van der Waals surface area (Å²) in [5.74, 6) is -0.309. The first-order chi connectivity index (χ1) is 12.5. The molecule has 1 atom stereocenters. The number of fused-ring (bicyclic) bond motifs is 1. The summed E-state index contributed by atoms with van der Waals surface area (Å²) in [5, 5.41) is 0. The zero-order valence-electron chi connectivity index (χ0n) is 15.6. The van der Waals surface area contributed by atoms with E-state index in [-0.39, 0.29) is 17.9 Å². The van der Waals surface area contributed by atoms with Gasteiger partial charge in [0.2, 0.25) is 0 Å². The second-order valence-electron chi connectivity index (χ2n) is 6.85. The zero-order chi connectivity index (χ0) is 18.7. The van der Waals surface area contributed by atoms with Gasteiger partial charge in [-0.25, -0.2) is 4.98 Å². The SMILES string of the molecule is CCCCN(C)C(=O)c1cccc(C(=O)N2c3ccccc3CC2C)n1. The summed E-state index contributed by atoms with van der Waals surface area (Å²) in [7, 11) is 1.77. The van der Waals surface area contributed by atoms with E-state index in [0.29, 0.717) is 17.9 Å². The summed E-state index contributed by atoms with van der Waals surface area (Å²) in [6.07, 6.45) is 2.80. The molecule has 1 aliphatic rings. The van der Waals surface area contributed by atoms with Crippen molar-refractivity contribution >= 4 is 17.5 Å². The topological polar surface area (TPSA) is 53.5 Å². The Balaban J connectivity index is 1.84. The van der Waals surface area contributed by atoms with Crippen molar-refractivity contribution in [3.63, 3.8) is 0 Å². The molecule has 1 aromatic heterocycles. The Bertz CT molecular complexity index is 818. The van der Waals surface area contributed by atoms with Crippen molar-refractivity contribution in [1.29, 1.82) is 0 Å². The highest BCUT2D eigenvalue weighted by molar-refractivity contribution is 6.07. The molecule has 1 aromatic carbocycles. The summed E-state index contributed by atoms with van der Waals surface area (Å²) in [6.45, 7) is 4.81. The summed E-state index contributed by atoms with van der Waals surface area (Å²) in [4.78, 5) is 33.4. The fourth-order valence-corrected chi connectivity index (χ4v) is 3.36. The molecule has 5 nitrogen and oxygen atoms in total. The molecule has 2 aromatic rings. The van der Waals surface area contributed by atoms with Crippen LogP contribution in [-0.4, -0.2) is 41.3 Å². The van der Waals surface area contributed by atoms with Crippen molar-refractivity contribution in [1.82, 2.24) is 9.88 Å². The lowest BCUT2D eigenvalue weighted by atomic mass is 10.1. The van der Waals surface area contributed by atoms with Gasteiger partial charge in [-0.05, 0) is 43.5 Å². The Labute approximate surface area is 154 Å². The molecule has 0 fully saturated rings. The average Bonchev–Trinajstić information content (AvgIpc) is 3.00. The number of anilines is 1. The van der Waals surface area contributed by atoms with Gasteiger partial charge in [-0.2, -0.15) is 0 Å². The van der Waals surface area contributed by atoms with Crippen molar-refractivity contribution in [2.75, 3.05) is 18.5 Å². The van der Waals surface area contributed by atoms with Crippen LogP contribution in [0.5, 0.6) is 0 Å². The predicted octanol–water partition coefficient (Wildman–Crippen LogP) is 3.55. The Hall–Kier alpha value is -2.69. The quantitative estimate of drug-likeness (QED) is 0.828. The molecule has 136 valence electrons. The van der Waals surface area contributed by atoms with Gasteiger partial charge >= 0.3 is 0 Å². The van der Waals surface area contributed by atoms with Gasteiger partial charge in [0.1, 0.15) is 11.4 Å². The molecule has 5 heteroatoms. The molecule has 1 aliphatic heterocycles. The number of hydrogen-bond donors (Lipinski definition) is 0. The van der Waals surface area contributed by atoms with Crippen LogP contribution in [0.4, 0.5) is 5.69 Å². The van der Waals surface area contributed by atoms with Crippen LogP contribution in [0.25, 0.3) is 0 Å². The zero-order valence-corrected chi connectivity index (χ0v) is 15.6. The number of nitrogens with zero attached hydrogens (tertiary/aromatic N) is 3. The standard InChI is InChI=1S/C21H25N3O2/c1-4-5-13-23(3)20(25)17-10-8-11-18(22-17)21(26)24-15(2)14-16-9-6-7-12-19(16)24/h6-12,15H,4-5,13-14H2,1-3H3. The molecule has 26 heavy (non-hydrogen) atoms. The minimum Gasteiger partial charge on any atom is -0.340 e. The molecule has 0 saturated carbocycles. The van der Waals surface area contributed by atoms with E-state index in [0.717, 1.165) is 24.9 Å². The predicted molar refractivity (Wildman–Crippen MR) is 103 cm³/mol. The Morgan fingerprint density at radius 3 is 2.65 bits per heavy atom. The first kappa shape index (κ1) is 18.1. The molecule has 0 radical (unpaired) electrons. The van der Waals surface area contributed by atoms with Gasteiger partial charge in [0.05, 0.1) is 0 Å². The van der Waals surface area contributed by atoms with Crippen LogP contribution in [0.2, 0.25) is 0 Å². The van der Waals surface area contributed by atoms with E-state index in [9.17, 15) is 9.59 Å². The van der Waals surface area contributed by atoms with E-state index in [1.165, 1.54) is 5.56 Å². The number of carbonyl (C=O) groups excluding carboxylic acids is 2. The third-order valence-electron chi connectivity index (χ3n) is 4.81. The number of benzene rings is 1. The second kappa shape index (κ2) is 7.68. The third kappa shape index (κ3) is 3.47. The van der Waals surface area contributed by atoms with Gasteiger partial charge in [0.15, 0.2) is 0 Å². The van der Waals surface area contributed by atoms with Gasteiger partial charge < -0.3 is 9.80 Å². The van der Waals surface area contributed by atoms with Gasteiger partial charge in [-0.15, -0.1) is 0 Å². The van der Waals surface area contributed by atoms with Crippen LogP contribution < -0.4 is 4.90 Å². The molecule has 2 amide bonds. The Kier molecular flexibility index (Phi) is 5.35. The molecule has 1 unspecified atom stereocenters. The van der Waals surface area contributed by atoms with E-state index in [1.807, 2.05) is 25.1 Å². The monoisotopic (exact) mass is 351 g/mol. The fourth-order valence-electron chi connectivity index (χ4n) is 3.36. The highest BCUT2D eigenvalue weighted by atomic mass is 16.2. The molecule has 2 heterocycles. The van der Waals surface area contributed by atoms with Gasteiger partial charge in [-0.3, -0.25) is 9.59 Å². The summed E-state index contributed by atoms with van der Waals surface area (Å²) in [6, 6.07) is 13.1. The van der Waals surface area contributed by atoms with Gasteiger partial charge in [0.25, 0.3) is 11.8 Å². The van der Waals surface area contributed by atoms with Crippen molar-refractivity contribution in [3.8, 4) is 0 Å². The van der Waals surface area contributed by atoms with Crippen molar-refractivity contribution in [3.05, 3.63) is 59.4 Å². The molecule has 0 saturated heterocycles. The number of aromatic nitrogens is 1. The van der Waals surface area contributed by atoms with E-state index in [4.69, 9.17) is 0 Å². The third-order valence-corrected chi connectivity index (χ3v) is 4.81. The average molecular weight is 351 g/mol. The number of amides is 2. The van der Waals surface area contributed by atoms with Crippen LogP contribution in [0, 0.1) is 0 Å². The molecular weight excluding hydrogens is 326 g/mol. The number of rotatable bonds is 5. The number of hydrogen-bond acceptors (Lipinski definition) is 3.